The van der Waals surface area contributed by atoms with E-state index in [4.69, 9.17) is 19.9 Å². The maximum Gasteiger partial charge on any atom is 0.332 e. The molecule has 3 N–H and O–H groups in total. The van der Waals surface area contributed by atoms with Crippen LogP contribution in [0.15, 0.2) is 47.3 Å². The zero-order valence-corrected chi connectivity index (χ0v) is 17.7. The molecule has 0 unspecified atom stereocenters. The van der Waals surface area contributed by atoms with E-state index >= 15 is 0 Å². The largest absolute Gasteiger partial charge is 0.494 e. The van der Waals surface area contributed by atoms with Crippen LogP contribution in [-0.4, -0.2) is 46.3 Å². The molecule has 1 amide bonds. The van der Waals surface area contributed by atoms with E-state index in [9.17, 15) is 9.59 Å². The fraction of sp³-hybridized carbons (Fsp3) is 0.182. The molecule has 0 atom stereocenters. The number of primary amides is 1. The number of hydrogen-bond acceptors (Lipinski definition) is 7. The molecule has 0 aliphatic rings. The highest BCUT2D eigenvalue weighted by molar-refractivity contribution is 6.02. The van der Waals surface area contributed by atoms with Gasteiger partial charge >= 0.3 is 5.69 Å². The van der Waals surface area contributed by atoms with Crippen LogP contribution in [-0.2, 0) is 0 Å². The number of aromatic nitrogens is 4. The van der Waals surface area contributed by atoms with E-state index < -0.39 is 11.6 Å². The average Bonchev–Trinajstić information content (AvgIpc) is 3.14. The Kier molecular flexibility index (Phi) is 5.50. The molecule has 4 aromatic rings. The number of benzene rings is 2. The molecule has 0 fully saturated rings. The lowest BCUT2D eigenvalue weighted by Crippen LogP contribution is -2.15. The molecule has 0 saturated carbocycles. The standard InChI is InChI=1S/C22H21N5O5/c1-4-32-14-8-6-13(7-9-14)27-21-18(25-22(27)29)17(19(23)28)24-20(26-21)12-5-10-15(30-2)16(11-12)31-3/h5-11H,4H2,1-3H3,(H2,23,28)(H,25,29). The topological polar surface area (TPSA) is 134 Å². The van der Waals surface area contributed by atoms with Gasteiger partial charge in [-0.1, -0.05) is 0 Å². The number of rotatable bonds is 7. The van der Waals surface area contributed by atoms with E-state index in [1.54, 1.807) is 42.5 Å². The summed E-state index contributed by atoms with van der Waals surface area (Å²) in [5.41, 5.74) is 6.44. The zero-order chi connectivity index (χ0) is 22.8. The summed E-state index contributed by atoms with van der Waals surface area (Å²) in [7, 11) is 3.04. The normalized spacial score (nSPS) is 10.8. The highest BCUT2D eigenvalue weighted by atomic mass is 16.5. The van der Waals surface area contributed by atoms with E-state index in [-0.39, 0.29) is 22.7 Å². The summed E-state index contributed by atoms with van der Waals surface area (Å²) < 4.78 is 17.4. The number of nitrogens with two attached hydrogens (primary N) is 1. The number of H-pyrrole nitrogens is 1. The molecule has 0 spiro atoms. The van der Waals surface area contributed by atoms with Gasteiger partial charge < -0.3 is 24.9 Å². The van der Waals surface area contributed by atoms with Gasteiger partial charge in [0.25, 0.3) is 5.91 Å². The van der Waals surface area contributed by atoms with E-state index in [1.165, 1.54) is 18.8 Å². The molecule has 2 heterocycles. The second kappa shape index (κ2) is 8.42. The highest BCUT2D eigenvalue weighted by Gasteiger charge is 2.21. The lowest BCUT2D eigenvalue weighted by Gasteiger charge is -2.10. The number of amides is 1. The summed E-state index contributed by atoms with van der Waals surface area (Å²) in [6.07, 6.45) is 0. The number of methoxy groups -OCH3 is 2. The molecule has 164 valence electrons. The Hall–Kier alpha value is -4.34. The van der Waals surface area contributed by atoms with E-state index in [0.717, 1.165) is 0 Å². The smallest absolute Gasteiger partial charge is 0.332 e. The van der Waals surface area contributed by atoms with Crippen molar-refractivity contribution in [1.29, 1.82) is 0 Å². The minimum absolute atomic E-state index is 0.0958. The van der Waals surface area contributed by atoms with Gasteiger partial charge in [0, 0.05) is 5.56 Å². The summed E-state index contributed by atoms with van der Waals surface area (Å²) in [4.78, 5) is 36.4. The van der Waals surface area contributed by atoms with Gasteiger partial charge in [-0.15, -0.1) is 0 Å². The molecule has 2 aromatic carbocycles. The maximum absolute atomic E-state index is 12.8. The summed E-state index contributed by atoms with van der Waals surface area (Å²) in [5.74, 6) is 1.07. The summed E-state index contributed by atoms with van der Waals surface area (Å²) in [6.45, 7) is 2.41. The van der Waals surface area contributed by atoms with Crippen LogP contribution in [0, 0.1) is 0 Å². The Morgan fingerprint density at radius 1 is 1.06 bits per heavy atom. The number of nitrogens with one attached hydrogen (secondary N) is 1. The van der Waals surface area contributed by atoms with E-state index in [1.807, 2.05) is 6.92 Å². The Morgan fingerprint density at radius 2 is 1.78 bits per heavy atom. The third kappa shape index (κ3) is 3.62. The molecule has 0 aliphatic carbocycles. The van der Waals surface area contributed by atoms with Crippen molar-refractivity contribution in [2.24, 2.45) is 5.73 Å². The molecule has 0 saturated heterocycles. The molecule has 10 nitrogen and oxygen atoms in total. The number of carbonyl (C=O) groups is 1. The summed E-state index contributed by atoms with van der Waals surface area (Å²) in [5, 5.41) is 0. The number of ether oxygens (including phenoxy) is 3. The van der Waals surface area contributed by atoms with Crippen LogP contribution in [0.3, 0.4) is 0 Å². The molecule has 4 rings (SSSR count). The first-order valence-electron chi connectivity index (χ1n) is 9.75. The van der Waals surface area contributed by atoms with Crippen LogP contribution in [0.2, 0.25) is 0 Å². The molecule has 0 bridgehead atoms. The second-order valence-corrected chi connectivity index (χ2v) is 6.72. The first-order valence-corrected chi connectivity index (χ1v) is 9.75. The minimum Gasteiger partial charge on any atom is -0.494 e. The molecule has 32 heavy (non-hydrogen) atoms. The highest BCUT2D eigenvalue weighted by Crippen LogP contribution is 2.32. The SMILES string of the molecule is CCOc1ccc(-n2c(=O)[nH]c3c(C(N)=O)nc(-c4ccc(OC)c(OC)c4)nc32)cc1. The number of imidazole rings is 1. The minimum atomic E-state index is -0.792. The van der Waals surface area contributed by atoms with Crippen molar-refractivity contribution in [3.63, 3.8) is 0 Å². The van der Waals surface area contributed by atoms with Crippen molar-refractivity contribution in [1.82, 2.24) is 19.5 Å². The van der Waals surface area contributed by atoms with Gasteiger partial charge in [0.05, 0.1) is 26.5 Å². The molecule has 0 aliphatic heterocycles. The first kappa shape index (κ1) is 20.9. The van der Waals surface area contributed by atoms with E-state index in [0.29, 0.717) is 35.1 Å². The fourth-order valence-corrected chi connectivity index (χ4v) is 3.37. The van der Waals surface area contributed by atoms with Gasteiger partial charge in [-0.25, -0.2) is 19.3 Å². The van der Waals surface area contributed by atoms with Crippen molar-refractivity contribution >= 4 is 17.1 Å². The lowest BCUT2D eigenvalue weighted by atomic mass is 10.1. The summed E-state index contributed by atoms with van der Waals surface area (Å²) >= 11 is 0. The monoisotopic (exact) mass is 435 g/mol. The van der Waals surface area contributed by atoms with Crippen molar-refractivity contribution < 1.29 is 19.0 Å². The Bertz CT molecular complexity index is 1360. The van der Waals surface area contributed by atoms with Crippen molar-refractivity contribution in [2.45, 2.75) is 6.92 Å². The van der Waals surface area contributed by atoms with Gasteiger partial charge in [-0.2, -0.15) is 0 Å². The van der Waals surface area contributed by atoms with Gasteiger partial charge in [0.2, 0.25) is 0 Å². The van der Waals surface area contributed by atoms with Gasteiger partial charge in [0.15, 0.2) is 28.7 Å². The third-order valence-electron chi connectivity index (χ3n) is 4.82. The van der Waals surface area contributed by atoms with Gasteiger partial charge in [0.1, 0.15) is 11.3 Å². The molecule has 0 radical (unpaired) electrons. The van der Waals surface area contributed by atoms with Crippen molar-refractivity contribution in [2.75, 3.05) is 20.8 Å². The molecule has 2 aromatic heterocycles. The van der Waals surface area contributed by atoms with Crippen molar-refractivity contribution in [3.05, 3.63) is 58.6 Å². The van der Waals surface area contributed by atoms with Crippen LogP contribution in [0.5, 0.6) is 17.2 Å². The fourth-order valence-electron chi connectivity index (χ4n) is 3.37. The van der Waals surface area contributed by atoms with Gasteiger partial charge in [-0.3, -0.25) is 4.79 Å². The Morgan fingerprint density at radius 3 is 2.41 bits per heavy atom. The Labute approximate surface area is 182 Å². The van der Waals surface area contributed by atoms with Crippen LogP contribution < -0.4 is 25.6 Å². The zero-order valence-electron chi connectivity index (χ0n) is 17.7. The number of carbonyl (C=O) groups excluding carboxylic acids is 1. The third-order valence-corrected chi connectivity index (χ3v) is 4.82. The predicted molar refractivity (Wildman–Crippen MR) is 118 cm³/mol. The van der Waals surface area contributed by atoms with Crippen LogP contribution in [0.4, 0.5) is 0 Å². The molecular weight excluding hydrogens is 414 g/mol. The van der Waals surface area contributed by atoms with E-state index in [2.05, 4.69) is 15.0 Å². The number of fused-ring (bicyclic) bond motifs is 1. The quantitative estimate of drug-likeness (QED) is 0.455. The van der Waals surface area contributed by atoms with Crippen LogP contribution in [0.25, 0.3) is 28.2 Å². The van der Waals surface area contributed by atoms with Crippen LogP contribution >= 0.6 is 0 Å². The maximum atomic E-state index is 12.8. The lowest BCUT2D eigenvalue weighted by molar-refractivity contribution is 0.0997. The first-order chi connectivity index (χ1) is 15.5. The Balaban J connectivity index is 1.94. The average molecular weight is 435 g/mol. The van der Waals surface area contributed by atoms with Gasteiger partial charge in [-0.05, 0) is 49.4 Å². The van der Waals surface area contributed by atoms with Crippen LogP contribution in [0.1, 0.15) is 17.4 Å². The number of aromatic amines is 1. The summed E-state index contributed by atoms with van der Waals surface area (Å²) in [6, 6.07) is 12.0. The molecule has 10 heteroatoms. The predicted octanol–water partition coefficient (Wildman–Crippen LogP) is 2.29. The molecular formula is C22H21N5O5. The number of nitrogens with zero attached hydrogens (tertiary/aromatic N) is 3. The van der Waals surface area contributed by atoms with Crippen molar-refractivity contribution in [3.8, 4) is 34.3 Å². The second-order valence-electron chi connectivity index (χ2n) is 6.72. The number of hydrogen-bond donors (Lipinski definition) is 2.